The Morgan fingerprint density at radius 1 is 0.944 bits per heavy atom. The van der Waals surface area contributed by atoms with E-state index >= 15 is 0 Å². The highest BCUT2D eigenvalue weighted by Gasteiger charge is 2.44. The van der Waals surface area contributed by atoms with Gasteiger partial charge in [0.2, 0.25) is 5.96 Å². The molecule has 0 amide bonds. The number of guanidine groups is 1. The summed E-state index contributed by atoms with van der Waals surface area (Å²) in [6.45, 7) is 3.02. The SMILES string of the molecule is CN1CCN(C2=NC3=C(C(N)N2c2ccc(C(F)(F)F)cc2)N(c2c(Cl)cccc2Cl)C(N)S3)CC1. The van der Waals surface area contributed by atoms with Crippen LogP contribution in [0.1, 0.15) is 5.56 Å². The monoisotopic (exact) mass is 557 g/mol. The fraction of sp³-hybridized carbons (Fsp3) is 0.348. The summed E-state index contributed by atoms with van der Waals surface area (Å²) < 4.78 is 39.7. The molecule has 2 atom stereocenters. The summed E-state index contributed by atoms with van der Waals surface area (Å²) in [5.41, 5.74) is 13.6. The van der Waals surface area contributed by atoms with Crippen molar-refractivity contribution < 1.29 is 13.2 Å². The molecule has 0 spiro atoms. The lowest BCUT2D eigenvalue weighted by Crippen LogP contribution is -2.60. The van der Waals surface area contributed by atoms with E-state index in [1.807, 2.05) is 7.05 Å². The number of hydrogen-bond donors (Lipinski definition) is 2. The molecule has 5 rings (SSSR count). The Hall–Kier alpha value is -2.15. The molecule has 3 heterocycles. The van der Waals surface area contributed by atoms with Crippen molar-refractivity contribution in [2.24, 2.45) is 16.5 Å². The van der Waals surface area contributed by atoms with E-state index in [4.69, 9.17) is 39.7 Å². The van der Waals surface area contributed by atoms with Crippen molar-refractivity contribution in [3.63, 3.8) is 0 Å². The second-order valence-electron chi connectivity index (χ2n) is 8.70. The van der Waals surface area contributed by atoms with Crippen molar-refractivity contribution in [2.75, 3.05) is 43.0 Å². The first-order valence-electron chi connectivity index (χ1n) is 11.2. The van der Waals surface area contributed by atoms with E-state index in [0.717, 1.165) is 25.2 Å². The van der Waals surface area contributed by atoms with Crippen LogP contribution >= 0.6 is 35.0 Å². The van der Waals surface area contributed by atoms with Gasteiger partial charge in [-0.1, -0.05) is 41.0 Å². The van der Waals surface area contributed by atoms with Crippen LogP contribution in [0.15, 0.2) is 58.2 Å². The molecule has 2 aromatic carbocycles. The maximum atomic E-state index is 13.2. The van der Waals surface area contributed by atoms with Gasteiger partial charge < -0.3 is 26.2 Å². The van der Waals surface area contributed by atoms with Gasteiger partial charge >= 0.3 is 6.18 Å². The predicted molar refractivity (Wildman–Crippen MR) is 140 cm³/mol. The van der Waals surface area contributed by atoms with Crippen LogP contribution in [0, 0.1) is 0 Å². The molecule has 36 heavy (non-hydrogen) atoms. The normalized spacial score (nSPS) is 23.3. The van der Waals surface area contributed by atoms with E-state index in [1.165, 1.54) is 23.9 Å². The molecule has 3 aliphatic heterocycles. The number of benzene rings is 2. The molecule has 13 heteroatoms. The first kappa shape index (κ1) is 25.5. The average molecular weight is 558 g/mol. The van der Waals surface area contributed by atoms with E-state index in [2.05, 4.69) is 9.80 Å². The number of alkyl halides is 3. The quantitative estimate of drug-likeness (QED) is 0.567. The second kappa shape index (κ2) is 9.62. The van der Waals surface area contributed by atoms with Crippen molar-refractivity contribution in [3.05, 3.63) is 68.8 Å². The molecule has 0 saturated carbocycles. The van der Waals surface area contributed by atoms with Crippen molar-refractivity contribution in [1.82, 2.24) is 9.80 Å². The van der Waals surface area contributed by atoms with E-state index < -0.39 is 23.4 Å². The van der Waals surface area contributed by atoms with Crippen LogP contribution in [0.5, 0.6) is 0 Å². The van der Waals surface area contributed by atoms with Crippen LogP contribution in [0.25, 0.3) is 0 Å². The molecule has 0 radical (unpaired) electrons. The molecule has 0 aromatic heterocycles. The molecule has 1 saturated heterocycles. The summed E-state index contributed by atoms with van der Waals surface area (Å²) in [6.07, 6.45) is -5.25. The summed E-state index contributed by atoms with van der Waals surface area (Å²) in [6, 6.07) is 10.1. The van der Waals surface area contributed by atoms with Crippen molar-refractivity contribution in [2.45, 2.75) is 17.8 Å². The number of nitrogens with two attached hydrogens (primary N) is 2. The maximum Gasteiger partial charge on any atom is 0.416 e. The zero-order valence-electron chi connectivity index (χ0n) is 19.2. The third-order valence-electron chi connectivity index (χ3n) is 6.38. The molecule has 2 aromatic rings. The Bertz CT molecular complexity index is 1190. The third kappa shape index (κ3) is 4.52. The Kier molecular flexibility index (Phi) is 6.81. The fourth-order valence-corrected chi connectivity index (χ4v) is 6.10. The number of para-hydroxylation sites is 1. The van der Waals surface area contributed by atoms with E-state index in [9.17, 15) is 13.2 Å². The smallest absolute Gasteiger partial charge is 0.340 e. The zero-order chi connectivity index (χ0) is 25.8. The first-order valence-corrected chi connectivity index (χ1v) is 12.8. The zero-order valence-corrected chi connectivity index (χ0v) is 21.5. The molecule has 3 aliphatic rings. The summed E-state index contributed by atoms with van der Waals surface area (Å²) in [4.78, 5) is 12.7. The molecule has 192 valence electrons. The van der Waals surface area contributed by atoms with E-state index in [-0.39, 0.29) is 0 Å². The van der Waals surface area contributed by atoms with Crippen LogP contribution in [-0.2, 0) is 6.18 Å². The Morgan fingerprint density at radius 2 is 1.56 bits per heavy atom. The average Bonchev–Trinajstić information content (AvgIpc) is 3.15. The highest BCUT2D eigenvalue weighted by atomic mass is 35.5. The molecule has 0 bridgehead atoms. The molecular weight excluding hydrogens is 534 g/mol. The number of piperazine rings is 1. The summed E-state index contributed by atoms with van der Waals surface area (Å²) in [5.74, 6) is 0.570. The van der Waals surface area contributed by atoms with Crippen molar-refractivity contribution in [3.8, 4) is 0 Å². The molecule has 0 aliphatic carbocycles. The Balaban J connectivity index is 1.61. The number of halogens is 5. The maximum absolute atomic E-state index is 13.2. The van der Waals surface area contributed by atoms with Gasteiger partial charge in [0.05, 0.1) is 27.0 Å². The molecule has 7 nitrogen and oxygen atoms in total. The van der Waals surface area contributed by atoms with Gasteiger partial charge in [-0.05, 0) is 43.4 Å². The van der Waals surface area contributed by atoms with Crippen LogP contribution in [0.4, 0.5) is 24.5 Å². The minimum atomic E-state index is -4.45. The van der Waals surface area contributed by atoms with Crippen LogP contribution < -0.4 is 21.3 Å². The minimum Gasteiger partial charge on any atom is -0.340 e. The summed E-state index contributed by atoms with van der Waals surface area (Å²) >= 11 is 14.3. The lowest BCUT2D eigenvalue weighted by atomic mass is 10.1. The lowest BCUT2D eigenvalue weighted by molar-refractivity contribution is -0.137. The number of likely N-dealkylation sites (N-methyl/N-ethyl adjacent to an activating group) is 1. The van der Waals surface area contributed by atoms with Crippen LogP contribution in [0.3, 0.4) is 0 Å². The highest BCUT2D eigenvalue weighted by Crippen LogP contribution is 2.48. The summed E-state index contributed by atoms with van der Waals surface area (Å²) in [5, 5.41) is 1.42. The number of hydrogen-bond acceptors (Lipinski definition) is 8. The van der Waals surface area contributed by atoms with Gasteiger partial charge in [-0.2, -0.15) is 13.2 Å². The molecule has 2 unspecified atom stereocenters. The molecule has 4 N–H and O–H groups in total. The fourth-order valence-electron chi connectivity index (χ4n) is 4.50. The van der Waals surface area contributed by atoms with Gasteiger partial charge in [0.25, 0.3) is 0 Å². The van der Waals surface area contributed by atoms with E-state index in [0.29, 0.717) is 51.2 Å². The molecule has 1 fully saturated rings. The Labute approximate surface area is 221 Å². The standard InChI is InChI=1S/C23H24Cl2F3N7S/c1-32-9-11-33(12-10-32)22-31-20-18(35(21(30)36-20)17-15(24)3-2-4-16(17)25)19(29)34(22)14-7-5-13(6-8-14)23(26,27)28/h2-8,19,21H,9-12,29-30H2,1H3. The van der Waals surface area contributed by atoms with Crippen LogP contribution in [-0.4, -0.2) is 60.6 Å². The number of anilines is 2. The van der Waals surface area contributed by atoms with Gasteiger partial charge in [-0.15, -0.1) is 0 Å². The van der Waals surface area contributed by atoms with Gasteiger partial charge in [0.1, 0.15) is 16.7 Å². The lowest BCUT2D eigenvalue weighted by Gasteiger charge is -2.44. The van der Waals surface area contributed by atoms with Gasteiger partial charge in [0.15, 0.2) is 0 Å². The van der Waals surface area contributed by atoms with E-state index in [1.54, 1.807) is 28.0 Å². The predicted octanol–water partition coefficient (Wildman–Crippen LogP) is 4.39. The molecular formula is C23H24Cl2F3N7S. The second-order valence-corrected chi connectivity index (χ2v) is 10.6. The number of nitrogens with zero attached hydrogens (tertiary/aromatic N) is 5. The van der Waals surface area contributed by atoms with Gasteiger partial charge in [-0.3, -0.25) is 4.90 Å². The van der Waals surface area contributed by atoms with Crippen molar-refractivity contribution in [1.29, 1.82) is 0 Å². The highest BCUT2D eigenvalue weighted by molar-refractivity contribution is 8.04. The largest absolute Gasteiger partial charge is 0.416 e. The number of rotatable bonds is 2. The minimum absolute atomic E-state index is 0.398. The number of thioether (sulfide) groups is 1. The first-order chi connectivity index (χ1) is 17.1. The number of aliphatic imine (C=N–C) groups is 1. The van der Waals surface area contributed by atoms with Crippen LogP contribution in [0.2, 0.25) is 10.0 Å². The third-order valence-corrected chi connectivity index (χ3v) is 7.96. The topological polar surface area (TPSA) is 77.4 Å². The Morgan fingerprint density at radius 3 is 2.14 bits per heavy atom. The van der Waals surface area contributed by atoms with Gasteiger partial charge in [0, 0.05) is 31.9 Å². The van der Waals surface area contributed by atoms with Crippen molar-refractivity contribution >= 4 is 52.3 Å². The van der Waals surface area contributed by atoms with Gasteiger partial charge in [-0.25, -0.2) is 4.99 Å². The summed E-state index contributed by atoms with van der Waals surface area (Å²) in [7, 11) is 2.04.